The van der Waals surface area contributed by atoms with Gasteiger partial charge in [0.15, 0.2) is 0 Å². The number of benzene rings is 1. The van der Waals surface area contributed by atoms with Gasteiger partial charge in [0.25, 0.3) is 11.8 Å². The largest absolute Gasteiger partial charge is 0.330 e. The lowest BCUT2D eigenvalue weighted by atomic mass is 9.48. The molecule has 7 nitrogen and oxygen atoms in total. The molecule has 1 aromatic heterocycles. The first-order valence-electron chi connectivity index (χ1n) is 11.9. The maximum absolute atomic E-state index is 13.0. The van der Waals surface area contributed by atoms with Crippen molar-refractivity contribution < 1.29 is 9.59 Å². The van der Waals surface area contributed by atoms with Crippen LogP contribution in [0.4, 0.5) is 0 Å². The van der Waals surface area contributed by atoms with Gasteiger partial charge in [-0.2, -0.15) is 0 Å². The molecule has 6 N–H and O–H groups in total. The van der Waals surface area contributed by atoms with E-state index in [0.717, 1.165) is 28.7 Å². The number of nitrogens with one attached hydrogen (secondary N) is 2. The molecule has 2 aromatic rings. The zero-order valence-corrected chi connectivity index (χ0v) is 18.5. The molecule has 1 atom stereocenters. The van der Waals surface area contributed by atoms with Crippen molar-refractivity contribution in [1.82, 2.24) is 15.8 Å². The molecule has 0 radical (unpaired) electrons. The number of fused-ring (bicyclic) bond motifs is 1. The Labute approximate surface area is 188 Å². The molecule has 4 fully saturated rings. The van der Waals surface area contributed by atoms with Gasteiger partial charge < -0.3 is 11.5 Å². The molecule has 6 rings (SSSR count). The van der Waals surface area contributed by atoms with Crippen molar-refractivity contribution in [3.05, 3.63) is 41.6 Å². The van der Waals surface area contributed by atoms with Crippen molar-refractivity contribution in [2.45, 2.75) is 62.8 Å². The first-order valence-corrected chi connectivity index (χ1v) is 11.9. The summed E-state index contributed by atoms with van der Waals surface area (Å²) in [4.78, 5) is 29.8. The molecule has 1 aromatic carbocycles. The second-order valence-electron chi connectivity index (χ2n) is 10.3. The fourth-order valence-corrected chi connectivity index (χ4v) is 6.91. The Bertz CT molecular complexity index is 1000. The first-order chi connectivity index (χ1) is 15.5. The molecule has 1 heterocycles. The number of carbonyl (C=O) groups is 2. The number of nitrogens with two attached hydrogens (primary N) is 2. The lowest BCUT2D eigenvalue weighted by Crippen LogP contribution is -2.50. The van der Waals surface area contributed by atoms with Crippen molar-refractivity contribution >= 4 is 22.7 Å². The van der Waals surface area contributed by atoms with Crippen LogP contribution in [0.15, 0.2) is 30.3 Å². The van der Waals surface area contributed by atoms with Gasteiger partial charge in [-0.05, 0) is 98.8 Å². The number of aromatic nitrogens is 1. The van der Waals surface area contributed by atoms with Gasteiger partial charge in [-0.15, -0.1) is 0 Å². The number of para-hydroxylation sites is 1. The summed E-state index contributed by atoms with van der Waals surface area (Å²) in [6, 6.07) is 9.39. The van der Waals surface area contributed by atoms with Gasteiger partial charge in [-0.1, -0.05) is 18.2 Å². The van der Waals surface area contributed by atoms with Crippen molar-refractivity contribution in [2.75, 3.05) is 6.54 Å². The van der Waals surface area contributed by atoms with Gasteiger partial charge in [0.2, 0.25) is 0 Å². The Kier molecular flexibility index (Phi) is 5.63. The SMILES string of the molecule is NCCC[C@@H](N)C(=O)NNC(=O)c1cc(C23CC4CC(CC(C4)C2)C3)c2ccccc2n1. The summed E-state index contributed by atoms with van der Waals surface area (Å²) < 4.78 is 0. The summed E-state index contributed by atoms with van der Waals surface area (Å²) in [5.41, 5.74) is 18.9. The van der Waals surface area contributed by atoms with Crippen LogP contribution in [0.3, 0.4) is 0 Å². The third kappa shape index (κ3) is 3.88. The number of hydrazine groups is 1. The molecule has 4 bridgehead atoms. The van der Waals surface area contributed by atoms with Crippen molar-refractivity contribution in [1.29, 1.82) is 0 Å². The van der Waals surface area contributed by atoms with E-state index in [4.69, 9.17) is 11.5 Å². The highest BCUT2D eigenvalue weighted by Crippen LogP contribution is 2.61. The Hall–Kier alpha value is -2.51. The van der Waals surface area contributed by atoms with Crippen molar-refractivity contribution in [2.24, 2.45) is 29.2 Å². The average Bonchev–Trinajstić information content (AvgIpc) is 2.79. The lowest BCUT2D eigenvalue weighted by molar-refractivity contribution is -0.123. The van der Waals surface area contributed by atoms with E-state index in [9.17, 15) is 9.59 Å². The molecule has 7 heteroatoms. The molecule has 0 saturated heterocycles. The van der Waals surface area contributed by atoms with E-state index < -0.39 is 17.9 Å². The second-order valence-corrected chi connectivity index (χ2v) is 10.3. The highest BCUT2D eigenvalue weighted by Gasteiger charge is 2.52. The quantitative estimate of drug-likeness (QED) is 0.519. The standard InChI is InChI=1S/C25H33N5O2/c26-7-3-5-20(27)23(31)29-30-24(32)22-11-19(18-4-1-2-6-21(18)28-22)25-12-15-8-16(13-25)10-17(9-15)14-25/h1-2,4,6,11,15-17,20H,3,5,7-10,12-14,26-27H2,(H,29,31)(H,30,32)/t15?,16?,17?,20-,25?/m1/s1. The fourth-order valence-electron chi connectivity index (χ4n) is 6.91. The topological polar surface area (TPSA) is 123 Å². The van der Waals surface area contributed by atoms with Gasteiger partial charge in [0.05, 0.1) is 11.6 Å². The van der Waals surface area contributed by atoms with Gasteiger partial charge in [0, 0.05) is 5.39 Å². The van der Waals surface area contributed by atoms with Crippen LogP contribution in [0.1, 0.15) is 67.4 Å². The van der Waals surface area contributed by atoms with E-state index >= 15 is 0 Å². The minimum atomic E-state index is -0.703. The zero-order valence-electron chi connectivity index (χ0n) is 18.5. The molecule has 4 saturated carbocycles. The van der Waals surface area contributed by atoms with Crippen LogP contribution < -0.4 is 22.3 Å². The maximum atomic E-state index is 13.0. The minimum absolute atomic E-state index is 0.139. The molecular formula is C25H33N5O2. The summed E-state index contributed by atoms with van der Waals surface area (Å²) in [5, 5.41) is 1.15. The third-order valence-corrected chi connectivity index (χ3v) is 7.91. The van der Waals surface area contributed by atoms with Gasteiger partial charge in [0.1, 0.15) is 5.69 Å². The Morgan fingerprint density at radius 2 is 1.72 bits per heavy atom. The molecule has 0 spiro atoms. The summed E-state index contributed by atoms with van der Waals surface area (Å²) in [5.74, 6) is 1.58. The van der Waals surface area contributed by atoms with Crippen molar-refractivity contribution in [3.63, 3.8) is 0 Å². The van der Waals surface area contributed by atoms with Gasteiger partial charge in [-0.3, -0.25) is 20.4 Å². The van der Waals surface area contributed by atoms with Crippen molar-refractivity contribution in [3.8, 4) is 0 Å². The highest BCUT2D eigenvalue weighted by molar-refractivity contribution is 5.97. The predicted octanol–water partition coefficient (Wildman–Crippen LogP) is 2.53. The van der Waals surface area contributed by atoms with Crippen LogP contribution in [0.2, 0.25) is 0 Å². The molecular weight excluding hydrogens is 402 g/mol. The predicted molar refractivity (Wildman–Crippen MR) is 123 cm³/mol. The molecule has 170 valence electrons. The second kappa shape index (κ2) is 8.45. The summed E-state index contributed by atoms with van der Waals surface area (Å²) >= 11 is 0. The summed E-state index contributed by atoms with van der Waals surface area (Å²) in [6.07, 6.45) is 8.86. The molecule has 0 aliphatic heterocycles. The van der Waals surface area contributed by atoms with Crippen LogP contribution in [-0.4, -0.2) is 29.4 Å². The number of rotatable bonds is 6. The van der Waals surface area contributed by atoms with Crippen LogP contribution in [0.5, 0.6) is 0 Å². The summed E-state index contributed by atoms with van der Waals surface area (Å²) in [6.45, 7) is 0.474. The monoisotopic (exact) mass is 435 g/mol. The molecule has 0 unspecified atom stereocenters. The Morgan fingerprint density at radius 1 is 1.06 bits per heavy atom. The third-order valence-electron chi connectivity index (χ3n) is 7.91. The molecule has 4 aliphatic carbocycles. The van der Waals surface area contributed by atoms with E-state index in [0.29, 0.717) is 25.1 Å². The van der Waals surface area contributed by atoms with Gasteiger partial charge in [-0.25, -0.2) is 4.98 Å². The number of amides is 2. The fraction of sp³-hybridized carbons (Fsp3) is 0.560. The Balaban J connectivity index is 1.42. The lowest BCUT2D eigenvalue weighted by Gasteiger charge is -2.57. The van der Waals surface area contributed by atoms with E-state index in [2.05, 4.69) is 28.0 Å². The molecule has 32 heavy (non-hydrogen) atoms. The molecule has 2 amide bonds. The van der Waals surface area contributed by atoms with Crippen LogP contribution in [-0.2, 0) is 10.2 Å². The van der Waals surface area contributed by atoms with Gasteiger partial charge >= 0.3 is 0 Å². The average molecular weight is 436 g/mol. The maximum Gasteiger partial charge on any atom is 0.288 e. The zero-order chi connectivity index (χ0) is 22.3. The van der Waals surface area contributed by atoms with Crippen LogP contribution in [0.25, 0.3) is 10.9 Å². The van der Waals surface area contributed by atoms with Crippen LogP contribution >= 0.6 is 0 Å². The Morgan fingerprint density at radius 3 is 2.38 bits per heavy atom. The van der Waals surface area contributed by atoms with E-state index in [1.54, 1.807) is 0 Å². The highest BCUT2D eigenvalue weighted by atomic mass is 16.2. The van der Waals surface area contributed by atoms with E-state index in [-0.39, 0.29) is 5.41 Å². The molecule has 4 aliphatic rings. The number of hydrogen-bond acceptors (Lipinski definition) is 5. The number of nitrogens with zero attached hydrogens (tertiary/aromatic N) is 1. The smallest absolute Gasteiger partial charge is 0.288 e. The minimum Gasteiger partial charge on any atom is -0.330 e. The first kappa shape index (κ1) is 21.3. The van der Waals surface area contributed by atoms with E-state index in [1.807, 2.05) is 18.2 Å². The number of hydrogen-bond donors (Lipinski definition) is 4. The van der Waals surface area contributed by atoms with Crippen LogP contribution in [0, 0.1) is 17.8 Å². The van der Waals surface area contributed by atoms with E-state index in [1.165, 1.54) is 44.1 Å². The number of pyridine rings is 1. The summed E-state index contributed by atoms with van der Waals surface area (Å²) in [7, 11) is 0. The number of carbonyl (C=O) groups excluding carboxylic acids is 2. The normalized spacial score (nSPS) is 29.1.